The molecule has 1 heterocycles. The molecule has 6 heteroatoms. The zero-order valence-corrected chi connectivity index (χ0v) is 17.7. The molecular formula is C25H22ClN3O2. The number of rotatable bonds is 6. The van der Waals surface area contributed by atoms with Gasteiger partial charge in [0.2, 0.25) is 0 Å². The first-order chi connectivity index (χ1) is 15.0. The Labute approximate surface area is 186 Å². The first-order valence-electron chi connectivity index (χ1n) is 10.1. The second-order valence-corrected chi connectivity index (χ2v) is 7.92. The molecule has 0 aromatic heterocycles. The van der Waals surface area contributed by atoms with Crippen LogP contribution in [0, 0.1) is 5.41 Å². The van der Waals surface area contributed by atoms with Crippen LogP contribution in [0.4, 0.5) is 5.69 Å². The van der Waals surface area contributed by atoms with Gasteiger partial charge in [0.15, 0.2) is 5.78 Å². The lowest BCUT2D eigenvalue weighted by Crippen LogP contribution is -2.42. The fourth-order valence-corrected chi connectivity index (χ4v) is 3.57. The van der Waals surface area contributed by atoms with Gasteiger partial charge in [-0.2, -0.15) is 0 Å². The van der Waals surface area contributed by atoms with E-state index < -0.39 is 0 Å². The number of nitrogens with one attached hydrogen (secondary N) is 2. The fourth-order valence-electron chi connectivity index (χ4n) is 3.44. The van der Waals surface area contributed by atoms with Gasteiger partial charge in [-0.05, 0) is 42.3 Å². The van der Waals surface area contributed by atoms with Crippen molar-refractivity contribution in [1.82, 2.24) is 4.90 Å². The number of likely N-dealkylation sites (tertiary alicyclic amines) is 1. The number of carbonyl (C=O) groups is 2. The van der Waals surface area contributed by atoms with Gasteiger partial charge in [-0.15, -0.1) is 0 Å². The molecule has 1 saturated heterocycles. The van der Waals surface area contributed by atoms with Crippen molar-refractivity contribution < 1.29 is 9.59 Å². The van der Waals surface area contributed by atoms with Crippen molar-refractivity contribution in [3.63, 3.8) is 0 Å². The van der Waals surface area contributed by atoms with E-state index in [0.29, 0.717) is 33.2 Å². The van der Waals surface area contributed by atoms with Crippen molar-refractivity contribution in [2.45, 2.75) is 12.8 Å². The lowest BCUT2D eigenvalue weighted by molar-refractivity contribution is 0.0992. The number of Topliss-reactive ketones (excluding diaryl/α,β-unsaturated/α-hetero) is 1. The third-order valence-corrected chi connectivity index (χ3v) is 5.62. The molecule has 0 spiro atoms. The van der Waals surface area contributed by atoms with Crippen LogP contribution in [0.15, 0.2) is 72.8 Å². The highest BCUT2D eigenvalue weighted by molar-refractivity contribution is 6.30. The molecule has 1 amide bonds. The smallest absolute Gasteiger partial charge is 0.255 e. The lowest BCUT2D eigenvalue weighted by atomic mass is 9.97. The molecule has 31 heavy (non-hydrogen) atoms. The number of halogens is 1. The summed E-state index contributed by atoms with van der Waals surface area (Å²) < 4.78 is 0. The minimum atomic E-state index is -0.274. The van der Waals surface area contributed by atoms with E-state index in [1.165, 1.54) is 0 Å². The monoisotopic (exact) mass is 431 g/mol. The summed E-state index contributed by atoms with van der Waals surface area (Å²) in [6.45, 7) is 1.82. The summed E-state index contributed by atoms with van der Waals surface area (Å²) in [4.78, 5) is 27.6. The van der Waals surface area contributed by atoms with Crippen LogP contribution in [0.1, 0.15) is 38.3 Å². The van der Waals surface area contributed by atoms with Gasteiger partial charge in [-0.1, -0.05) is 54.1 Å². The number of amides is 1. The van der Waals surface area contributed by atoms with Crippen molar-refractivity contribution in [3.8, 4) is 0 Å². The Kier molecular flexibility index (Phi) is 6.14. The summed E-state index contributed by atoms with van der Waals surface area (Å²) in [6, 6.07) is 21.1. The molecule has 5 nitrogen and oxygen atoms in total. The quantitative estimate of drug-likeness (QED) is 0.326. The number of nitrogens with zero attached hydrogens (tertiary/aromatic N) is 1. The summed E-state index contributed by atoms with van der Waals surface area (Å²) >= 11 is 5.89. The van der Waals surface area contributed by atoms with Crippen LogP contribution in [-0.4, -0.2) is 35.5 Å². The highest BCUT2D eigenvalue weighted by Crippen LogP contribution is 2.18. The molecule has 1 fully saturated rings. The summed E-state index contributed by atoms with van der Waals surface area (Å²) in [7, 11) is 0. The first-order valence-corrected chi connectivity index (χ1v) is 10.5. The van der Waals surface area contributed by atoms with Crippen molar-refractivity contribution >= 4 is 34.8 Å². The highest BCUT2D eigenvalue weighted by atomic mass is 35.5. The maximum atomic E-state index is 12.9. The standard InChI is InChI=1S/C25H22ClN3O2/c26-20-10-12-21(13-11-20)28-25(31)22-5-2-1-4-19(22)16-23(30)17-6-8-18(9-7-17)24(27)29-14-3-15-29/h1-2,4-13,27H,3,14-16H2,(H,28,31). The molecule has 1 aliphatic rings. The van der Waals surface area contributed by atoms with E-state index in [4.69, 9.17) is 17.0 Å². The number of ketones is 1. The zero-order valence-electron chi connectivity index (χ0n) is 16.9. The Bertz CT molecular complexity index is 1120. The molecular weight excluding hydrogens is 410 g/mol. The Hall–Kier alpha value is -3.44. The van der Waals surface area contributed by atoms with Crippen molar-refractivity contribution in [2.75, 3.05) is 18.4 Å². The second-order valence-electron chi connectivity index (χ2n) is 7.48. The van der Waals surface area contributed by atoms with E-state index in [1.807, 2.05) is 23.1 Å². The van der Waals surface area contributed by atoms with Crippen LogP contribution < -0.4 is 5.32 Å². The SMILES string of the molecule is N=C(c1ccc(C(=O)Cc2ccccc2C(=O)Nc2ccc(Cl)cc2)cc1)N1CCC1. The summed E-state index contributed by atoms with van der Waals surface area (Å²) in [5, 5.41) is 11.6. The molecule has 4 rings (SSSR count). The van der Waals surface area contributed by atoms with Gasteiger partial charge in [0, 0.05) is 46.9 Å². The average molecular weight is 432 g/mol. The molecule has 0 unspecified atom stereocenters. The number of hydrogen-bond donors (Lipinski definition) is 2. The van der Waals surface area contributed by atoms with Crippen LogP contribution in [-0.2, 0) is 6.42 Å². The van der Waals surface area contributed by atoms with E-state index in [9.17, 15) is 9.59 Å². The van der Waals surface area contributed by atoms with Gasteiger partial charge in [0.05, 0.1) is 0 Å². The molecule has 0 radical (unpaired) electrons. The van der Waals surface area contributed by atoms with Crippen molar-refractivity contribution in [1.29, 1.82) is 5.41 Å². The largest absolute Gasteiger partial charge is 0.356 e. The molecule has 3 aromatic carbocycles. The Morgan fingerprint density at radius 2 is 1.55 bits per heavy atom. The van der Waals surface area contributed by atoms with E-state index in [2.05, 4.69) is 5.32 Å². The maximum Gasteiger partial charge on any atom is 0.255 e. The van der Waals surface area contributed by atoms with Crippen LogP contribution in [0.5, 0.6) is 0 Å². The van der Waals surface area contributed by atoms with Crippen LogP contribution in [0.2, 0.25) is 5.02 Å². The maximum absolute atomic E-state index is 12.9. The number of carbonyl (C=O) groups excluding carboxylic acids is 2. The Morgan fingerprint density at radius 1 is 0.903 bits per heavy atom. The molecule has 3 aromatic rings. The number of amidine groups is 1. The number of hydrogen-bond acceptors (Lipinski definition) is 3. The normalized spacial score (nSPS) is 12.7. The predicted octanol–water partition coefficient (Wildman–Crippen LogP) is 5.05. The summed E-state index contributed by atoms with van der Waals surface area (Å²) in [5.41, 5.74) is 3.13. The van der Waals surface area contributed by atoms with Gasteiger partial charge in [0.1, 0.15) is 5.84 Å². The summed E-state index contributed by atoms with van der Waals surface area (Å²) in [6.07, 6.45) is 1.23. The Morgan fingerprint density at radius 3 is 2.19 bits per heavy atom. The van der Waals surface area contributed by atoms with Gasteiger partial charge in [0.25, 0.3) is 5.91 Å². The minimum absolute atomic E-state index is 0.0752. The molecule has 0 aliphatic carbocycles. The van der Waals surface area contributed by atoms with E-state index in [1.54, 1.807) is 54.6 Å². The van der Waals surface area contributed by atoms with Crippen LogP contribution >= 0.6 is 11.6 Å². The molecule has 156 valence electrons. The van der Waals surface area contributed by atoms with E-state index >= 15 is 0 Å². The van der Waals surface area contributed by atoms with Gasteiger partial charge >= 0.3 is 0 Å². The fraction of sp³-hybridized carbons (Fsp3) is 0.160. The molecule has 0 atom stereocenters. The molecule has 2 N–H and O–H groups in total. The second kappa shape index (κ2) is 9.14. The van der Waals surface area contributed by atoms with Gasteiger partial charge in [-0.25, -0.2) is 0 Å². The van der Waals surface area contributed by atoms with Crippen molar-refractivity contribution in [2.24, 2.45) is 0 Å². The third kappa shape index (κ3) is 4.84. The highest BCUT2D eigenvalue weighted by Gasteiger charge is 2.19. The number of benzene rings is 3. The van der Waals surface area contributed by atoms with Crippen molar-refractivity contribution in [3.05, 3.63) is 100 Å². The van der Waals surface area contributed by atoms with Gasteiger partial charge in [-0.3, -0.25) is 15.0 Å². The first kappa shape index (κ1) is 20.8. The zero-order chi connectivity index (χ0) is 21.8. The van der Waals surface area contributed by atoms with Crippen LogP contribution in [0.25, 0.3) is 0 Å². The van der Waals surface area contributed by atoms with E-state index in [0.717, 1.165) is 25.1 Å². The Balaban J connectivity index is 1.46. The third-order valence-electron chi connectivity index (χ3n) is 5.37. The number of anilines is 1. The predicted molar refractivity (Wildman–Crippen MR) is 123 cm³/mol. The van der Waals surface area contributed by atoms with Gasteiger partial charge < -0.3 is 10.2 Å². The molecule has 0 bridgehead atoms. The topological polar surface area (TPSA) is 73.3 Å². The minimum Gasteiger partial charge on any atom is -0.356 e. The van der Waals surface area contributed by atoms with E-state index in [-0.39, 0.29) is 18.1 Å². The lowest BCUT2D eigenvalue weighted by Gasteiger charge is -2.33. The van der Waals surface area contributed by atoms with Crippen LogP contribution in [0.3, 0.4) is 0 Å². The summed E-state index contributed by atoms with van der Waals surface area (Å²) in [5.74, 6) is 0.146. The molecule has 0 saturated carbocycles. The average Bonchev–Trinajstić information content (AvgIpc) is 2.74. The molecule has 1 aliphatic heterocycles.